The molecule has 0 saturated carbocycles. The highest BCUT2D eigenvalue weighted by Gasteiger charge is 2.46. The van der Waals surface area contributed by atoms with Gasteiger partial charge in [-0.2, -0.15) is 21.4 Å². The van der Waals surface area contributed by atoms with Gasteiger partial charge in [0.15, 0.2) is 5.71 Å². The van der Waals surface area contributed by atoms with Gasteiger partial charge < -0.3 is 4.90 Å². The van der Waals surface area contributed by atoms with Crippen LogP contribution in [-0.4, -0.2) is 42.8 Å². The molecule has 2 aliphatic rings. The molecule has 2 aliphatic heterocycles. The summed E-state index contributed by atoms with van der Waals surface area (Å²) >= 11 is 0. The van der Waals surface area contributed by atoms with E-state index in [0.717, 1.165) is 60.1 Å². The van der Waals surface area contributed by atoms with Crippen LogP contribution < -0.4 is 4.90 Å². The van der Waals surface area contributed by atoms with Gasteiger partial charge in [-0.05, 0) is 105 Å². The molecule has 2 N–H and O–H groups in total. The van der Waals surface area contributed by atoms with Crippen molar-refractivity contribution in [3.63, 3.8) is 0 Å². The Kier molecular flexibility index (Phi) is 9.17. The minimum absolute atomic E-state index is 0.151. The first-order valence-electron chi connectivity index (χ1n) is 17.3. The maximum atomic E-state index is 12.3. The molecular formula is C40H47N2O6S2+. The number of allylic oxidation sites excluding steroid dienone is 2. The molecule has 4 aromatic rings. The van der Waals surface area contributed by atoms with Crippen LogP contribution in [0.25, 0.3) is 10.8 Å². The lowest BCUT2D eigenvalue weighted by Gasteiger charge is -2.28. The Morgan fingerprint density at radius 1 is 0.800 bits per heavy atom. The van der Waals surface area contributed by atoms with Crippen LogP contribution in [0.2, 0.25) is 0 Å². The normalized spacial score (nSPS) is 17.5. The summed E-state index contributed by atoms with van der Waals surface area (Å²) < 4.78 is 71.0. The Morgan fingerprint density at radius 3 is 2.18 bits per heavy atom. The van der Waals surface area contributed by atoms with Crippen molar-refractivity contribution in [1.82, 2.24) is 0 Å². The van der Waals surface area contributed by atoms with Gasteiger partial charge in [-0.1, -0.05) is 57.0 Å². The molecule has 4 aromatic carbocycles. The molecule has 264 valence electrons. The first-order valence-corrected chi connectivity index (χ1v) is 20.1. The van der Waals surface area contributed by atoms with Gasteiger partial charge in [0.25, 0.3) is 20.2 Å². The second-order valence-corrected chi connectivity index (χ2v) is 17.6. The van der Waals surface area contributed by atoms with Crippen molar-refractivity contribution in [1.29, 1.82) is 0 Å². The molecule has 0 aromatic heterocycles. The molecule has 10 heteroatoms. The predicted molar refractivity (Wildman–Crippen MR) is 201 cm³/mol. The molecule has 0 spiro atoms. The zero-order valence-corrected chi connectivity index (χ0v) is 31.5. The van der Waals surface area contributed by atoms with Crippen molar-refractivity contribution in [2.45, 2.75) is 101 Å². The van der Waals surface area contributed by atoms with E-state index in [1.165, 1.54) is 53.2 Å². The Labute approximate surface area is 296 Å². The van der Waals surface area contributed by atoms with Crippen molar-refractivity contribution in [3.8, 4) is 0 Å². The summed E-state index contributed by atoms with van der Waals surface area (Å²) in [6.07, 6.45) is 7.21. The summed E-state index contributed by atoms with van der Waals surface area (Å²) in [6.45, 7) is 16.1. The predicted octanol–water partition coefficient (Wildman–Crippen LogP) is 9.31. The van der Waals surface area contributed by atoms with Crippen molar-refractivity contribution in [2.75, 3.05) is 11.4 Å². The second-order valence-electron chi connectivity index (χ2n) is 14.8. The Morgan fingerprint density at radius 2 is 1.50 bits per heavy atom. The van der Waals surface area contributed by atoms with Crippen LogP contribution in [0.3, 0.4) is 0 Å². The highest BCUT2D eigenvalue weighted by molar-refractivity contribution is 7.86. The van der Waals surface area contributed by atoms with E-state index < -0.39 is 25.7 Å². The summed E-state index contributed by atoms with van der Waals surface area (Å²) in [5.74, 6) is 0. The molecular weight excluding hydrogens is 669 g/mol. The Balaban J connectivity index is 1.50. The fraction of sp³-hybridized carbons (Fsp3) is 0.375. The van der Waals surface area contributed by atoms with Crippen LogP contribution in [0.4, 0.5) is 17.1 Å². The van der Waals surface area contributed by atoms with Gasteiger partial charge in [0.2, 0.25) is 5.69 Å². The molecule has 0 unspecified atom stereocenters. The van der Waals surface area contributed by atoms with E-state index in [1.807, 2.05) is 19.1 Å². The van der Waals surface area contributed by atoms with Gasteiger partial charge in [0.1, 0.15) is 6.54 Å². The monoisotopic (exact) mass is 715 g/mol. The average molecular weight is 716 g/mol. The van der Waals surface area contributed by atoms with Crippen molar-refractivity contribution in [2.24, 2.45) is 0 Å². The van der Waals surface area contributed by atoms with Crippen LogP contribution in [0.5, 0.6) is 0 Å². The third kappa shape index (κ3) is 6.21. The van der Waals surface area contributed by atoms with Crippen LogP contribution >= 0.6 is 0 Å². The molecule has 0 saturated heterocycles. The van der Waals surface area contributed by atoms with E-state index in [0.29, 0.717) is 11.1 Å². The second kappa shape index (κ2) is 12.7. The summed E-state index contributed by atoms with van der Waals surface area (Å²) in [7, 11) is -8.87. The molecule has 0 bridgehead atoms. The average Bonchev–Trinajstić information content (AvgIpc) is 3.38. The van der Waals surface area contributed by atoms with Crippen molar-refractivity contribution >= 4 is 53.8 Å². The fourth-order valence-electron chi connectivity index (χ4n) is 8.09. The topological polar surface area (TPSA) is 115 Å². The Bertz CT molecular complexity index is 2320. The minimum atomic E-state index is -4.46. The summed E-state index contributed by atoms with van der Waals surface area (Å²) in [5, 5.41) is 1.55. The Hall–Kier alpha value is -3.83. The SMILES string of the molecule is CCCCC[N+]1=C(CCC=C2N(c3cccc(S(=O)(=O)O)c3)c3cc(C)c4cc(S(=O)(=O)O)ccc4c3C2(C)C)C(C)(C)c2cc(C)ccc21. The van der Waals surface area contributed by atoms with E-state index in [2.05, 4.69) is 75.3 Å². The van der Waals surface area contributed by atoms with Crippen LogP contribution in [0, 0.1) is 13.8 Å². The number of anilines is 2. The van der Waals surface area contributed by atoms with Crippen molar-refractivity contribution < 1.29 is 30.5 Å². The van der Waals surface area contributed by atoms with Gasteiger partial charge in [-0.25, -0.2) is 0 Å². The van der Waals surface area contributed by atoms with E-state index >= 15 is 0 Å². The van der Waals surface area contributed by atoms with Gasteiger partial charge in [0, 0.05) is 41.3 Å². The number of hydrogen-bond acceptors (Lipinski definition) is 5. The third-order valence-electron chi connectivity index (χ3n) is 10.6. The smallest absolute Gasteiger partial charge is 0.294 e. The third-order valence-corrected chi connectivity index (χ3v) is 12.3. The van der Waals surface area contributed by atoms with E-state index in [-0.39, 0.29) is 15.2 Å². The maximum absolute atomic E-state index is 12.3. The van der Waals surface area contributed by atoms with Gasteiger partial charge in [0.05, 0.1) is 20.9 Å². The number of aryl methyl sites for hydroxylation is 2. The molecule has 8 nitrogen and oxygen atoms in total. The quantitative estimate of drug-likeness (QED) is 0.0956. The zero-order valence-electron chi connectivity index (χ0n) is 29.9. The molecule has 0 amide bonds. The van der Waals surface area contributed by atoms with Crippen LogP contribution in [-0.2, 0) is 31.1 Å². The lowest BCUT2D eigenvalue weighted by Crippen LogP contribution is -2.30. The highest BCUT2D eigenvalue weighted by atomic mass is 32.2. The van der Waals surface area contributed by atoms with E-state index in [1.54, 1.807) is 12.1 Å². The summed E-state index contributed by atoms with van der Waals surface area (Å²) in [6, 6.07) is 19.7. The highest BCUT2D eigenvalue weighted by Crippen LogP contribution is 2.55. The largest absolute Gasteiger partial charge is 0.313 e. The molecule has 0 atom stereocenters. The van der Waals surface area contributed by atoms with Gasteiger partial charge >= 0.3 is 0 Å². The fourth-order valence-corrected chi connectivity index (χ4v) is 9.12. The van der Waals surface area contributed by atoms with E-state index in [9.17, 15) is 25.9 Å². The number of fused-ring (bicyclic) bond motifs is 4. The molecule has 0 aliphatic carbocycles. The molecule has 50 heavy (non-hydrogen) atoms. The molecule has 2 heterocycles. The minimum Gasteiger partial charge on any atom is -0.313 e. The molecule has 6 rings (SSSR count). The number of hydrogen-bond donors (Lipinski definition) is 2. The maximum Gasteiger partial charge on any atom is 0.294 e. The lowest BCUT2D eigenvalue weighted by molar-refractivity contribution is -0.440. The van der Waals surface area contributed by atoms with Crippen molar-refractivity contribution in [3.05, 3.63) is 101 Å². The lowest BCUT2D eigenvalue weighted by atomic mass is 9.78. The molecule has 0 radical (unpaired) electrons. The first-order chi connectivity index (χ1) is 23.4. The zero-order chi connectivity index (χ0) is 36.4. The molecule has 0 fully saturated rings. The first kappa shape index (κ1) is 36.0. The van der Waals surface area contributed by atoms with Crippen LogP contribution in [0.15, 0.2) is 88.3 Å². The number of benzene rings is 4. The summed E-state index contributed by atoms with van der Waals surface area (Å²) in [4.78, 5) is 1.69. The number of unbranched alkanes of at least 4 members (excludes halogenated alkanes) is 2. The van der Waals surface area contributed by atoms with Gasteiger partial charge in [-0.15, -0.1) is 0 Å². The van der Waals surface area contributed by atoms with Gasteiger partial charge in [-0.3, -0.25) is 9.11 Å². The summed E-state index contributed by atoms with van der Waals surface area (Å²) in [5.41, 5.74) is 8.65. The number of nitrogens with zero attached hydrogens (tertiary/aromatic N) is 2. The van der Waals surface area contributed by atoms with Crippen LogP contribution in [0.1, 0.15) is 89.0 Å². The van der Waals surface area contributed by atoms with E-state index in [4.69, 9.17) is 0 Å². The number of rotatable bonds is 10. The standard InChI is InChI=1S/C40H46N2O6S2/c1-8-9-10-21-41-34-20-17-26(2)22-33(34)39(4,5)36(41)15-12-16-37-40(6,7)38-31-19-18-30(50(46,47)48)25-32(31)27(3)23-35(38)42(37)28-13-11-14-29(24-28)49(43,44)45/h11,13-14,16-20,22-25H,8-10,12,15,21H2,1-7H3,(H-,43,44,45,46,47,48)/p+1.